The third-order valence-electron chi connectivity index (χ3n) is 5.06. The molecule has 1 aliphatic carbocycles. The minimum absolute atomic E-state index is 0.0804. The zero-order chi connectivity index (χ0) is 17.6. The Hall–Kier alpha value is -2.29. The van der Waals surface area contributed by atoms with Gasteiger partial charge in [-0.05, 0) is 19.3 Å². The van der Waals surface area contributed by atoms with Crippen molar-refractivity contribution in [1.29, 1.82) is 0 Å². The predicted octanol–water partition coefficient (Wildman–Crippen LogP) is 1.62. The van der Waals surface area contributed by atoms with E-state index in [0.29, 0.717) is 0 Å². The summed E-state index contributed by atoms with van der Waals surface area (Å²) in [6, 6.07) is -1.18. The number of carbonyl (C=O) groups excluding carboxylic acids is 2. The van der Waals surface area contributed by atoms with Crippen molar-refractivity contribution in [2.24, 2.45) is 16.7 Å². The van der Waals surface area contributed by atoms with E-state index in [9.17, 15) is 19.5 Å². The summed E-state index contributed by atoms with van der Waals surface area (Å²) < 4.78 is 0. The summed E-state index contributed by atoms with van der Waals surface area (Å²) in [7, 11) is 0. The lowest BCUT2D eigenvalue weighted by Gasteiger charge is -2.33. The first kappa shape index (κ1) is 17.1. The standard InChI is InChI=1S/C17H22N2O4/c1-6-7-11(19-12(20)9-18-15(19)23)17(8-10(2)3)13(14(21)22)16(17,4)5/h1,8,11,13H,7,9H2,2-5H3,(H,18,23)(H,21,22). The second-order valence-corrected chi connectivity index (χ2v) is 6.99. The third kappa shape index (κ3) is 2.31. The molecule has 23 heavy (non-hydrogen) atoms. The summed E-state index contributed by atoms with van der Waals surface area (Å²) in [6.45, 7) is 7.34. The third-order valence-corrected chi connectivity index (χ3v) is 5.06. The lowest BCUT2D eigenvalue weighted by Crippen LogP contribution is -2.47. The van der Waals surface area contributed by atoms with E-state index in [2.05, 4.69) is 11.2 Å². The number of aliphatic carboxylic acids is 1. The molecule has 124 valence electrons. The van der Waals surface area contributed by atoms with Crippen molar-refractivity contribution in [2.45, 2.75) is 40.2 Å². The number of nitrogens with one attached hydrogen (secondary N) is 1. The zero-order valence-corrected chi connectivity index (χ0v) is 13.8. The van der Waals surface area contributed by atoms with Gasteiger partial charge in [0.2, 0.25) is 5.91 Å². The minimum atomic E-state index is -0.943. The largest absolute Gasteiger partial charge is 0.481 e. The Labute approximate surface area is 135 Å². The molecular weight excluding hydrogens is 296 g/mol. The first-order chi connectivity index (χ1) is 10.6. The highest BCUT2D eigenvalue weighted by atomic mass is 16.4. The smallest absolute Gasteiger partial charge is 0.324 e. The molecular formula is C17H22N2O4. The van der Waals surface area contributed by atoms with E-state index < -0.39 is 34.8 Å². The number of carboxylic acids is 1. The van der Waals surface area contributed by atoms with Gasteiger partial charge in [-0.25, -0.2) is 4.79 Å². The van der Waals surface area contributed by atoms with Gasteiger partial charge in [0.1, 0.15) is 0 Å². The maximum Gasteiger partial charge on any atom is 0.324 e. The van der Waals surface area contributed by atoms with Crippen LogP contribution < -0.4 is 5.32 Å². The summed E-state index contributed by atoms with van der Waals surface area (Å²) in [6.07, 6.45) is 7.45. The molecule has 3 atom stereocenters. The number of carboxylic acid groups (broad SMARTS) is 1. The van der Waals surface area contributed by atoms with Crippen molar-refractivity contribution in [3.63, 3.8) is 0 Å². The number of allylic oxidation sites excluding steroid dienone is 1. The van der Waals surface area contributed by atoms with Crippen molar-refractivity contribution in [3.05, 3.63) is 11.6 Å². The van der Waals surface area contributed by atoms with E-state index in [0.717, 1.165) is 10.5 Å². The summed E-state index contributed by atoms with van der Waals surface area (Å²) >= 11 is 0. The Bertz CT molecular complexity index is 623. The SMILES string of the molecule is C#CCC(N1C(=O)CNC1=O)C1(C=C(C)C)C(C(=O)O)C1(C)C. The molecule has 6 nitrogen and oxygen atoms in total. The van der Waals surface area contributed by atoms with Gasteiger partial charge >= 0.3 is 12.0 Å². The van der Waals surface area contributed by atoms with Crippen LogP contribution in [0.4, 0.5) is 4.79 Å². The number of nitrogens with zero attached hydrogens (tertiary/aromatic N) is 1. The van der Waals surface area contributed by atoms with Crippen molar-refractivity contribution in [1.82, 2.24) is 10.2 Å². The molecule has 2 rings (SSSR count). The number of carbonyl (C=O) groups is 3. The molecule has 2 N–H and O–H groups in total. The second kappa shape index (κ2) is 5.41. The number of imide groups is 1. The molecule has 2 fully saturated rings. The predicted molar refractivity (Wildman–Crippen MR) is 84.3 cm³/mol. The number of hydrogen-bond acceptors (Lipinski definition) is 3. The minimum Gasteiger partial charge on any atom is -0.481 e. The number of urea groups is 1. The zero-order valence-electron chi connectivity index (χ0n) is 13.8. The van der Waals surface area contributed by atoms with Crippen LogP contribution in [-0.2, 0) is 9.59 Å². The molecule has 0 radical (unpaired) electrons. The van der Waals surface area contributed by atoms with Crippen LogP contribution in [0, 0.1) is 29.1 Å². The first-order valence-electron chi connectivity index (χ1n) is 7.53. The summed E-state index contributed by atoms with van der Waals surface area (Å²) in [5.41, 5.74) is -0.543. The van der Waals surface area contributed by atoms with Gasteiger partial charge in [-0.1, -0.05) is 25.5 Å². The van der Waals surface area contributed by atoms with E-state index in [1.54, 1.807) is 0 Å². The average Bonchev–Trinajstić information content (AvgIpc) is 2.70. The van der Waals surface area contributed by atoms with Crippen LogP contribution in [0.5, 0.6) is 0 Å². The first-order valence-corrected chi connectivity index (χ1v) is 7.53. The summed E-state index contributed by atoms with van der Waals surface area (Å²) in [4.78, 5) is 37.2. The molecule has 1 aliphatic heterocycles. The van der Waals surface area contributed by atoms with Gasteiger partial charge in [0.25, 0.3) is 0 Å². The van der Waals surface area contributed by atoms with Gasteiger partial charge in [-0.3, -0.25) is 14.5 Å². The quantitative estimate of drug-likeness (QED) is 0.458. The van der Waals surface area contributed by atoms with Crippen LogP contribution in [-0.4, -0.2) is 40.5 Å². The highest BCUT2D eigenvalue weighted by molar-refractivity contribution is 6.02. The average molecular weight is 318 g/mol. The normalized spacial score (nSPS) is 29.5. The van der Waals surface area contributed by atoms with Crippen molar-refractivity contribution >= 4 is 17.9 Å². The fourth-order valence-electron chi connectivity index (χ4n) is 4.14. The van der Waals surface area contributed by atoms with Gasteiger partial charge in [0.15, 0.2) is 0 Å². The van der Waals surface area contributed by atoms with Gasteiger partial charge in [-0.15, -0.1) is 12.3 Å². The summed E-state index contributed by atoms with van der Waals surface area (Å²) in [5.74, 6) is 0.487. The molecule has 0 aromatic rings. The van der Waals surface area contributed by atoms with E-state index >= 15 is 0 Å². The van der Waals surface area contributed by atoms with Gasteiger partial charge in [-0.2, -0.15) is 0 Å². The molecule has 2 aliphatic rings. The van der Waals surface area contributed by atoms with Crippen LogP contribution in [0.15, 0.2) is 11.6 Å². The van der Waals surface area contributed by atoms with Crippen LogP contribution in [0.25, 0.3) is 0 Å². The Kier molecular flexibility index (Phi) is 4.02. The molecule has 0 spiro atoms. The fraction of sp³-hybridized carbons (Fsp3) is 0.588. The maximum atomic E-state index is 12.2. The summed E-state index contributed by atoms with van der Waals surface area (Å²) in [5, 5.41) is 12.1. The molecule has 1 saturated heterocycles. The van der Waals surface area contributed by atoms with Crippen LogP contribution in [0.2, 0.25) is 0 Å². The molecule has 6 heteroatoms. The van der Waals surface area contributed by atoms with Gasteiger partial charge in [0.05, 0.1) is 18.5 Å². The highest BCUT2D eigenvalue weighted by Gasteiger charge is 2.77. The van der Waals surface area contributed by atoms with Gasteiger partial charge in [0, 0.05) is 11.8 Å². The van der Waals surface area contributed by atoms with Crippen molar-refractivity contribution < 1.29 is 19.5 Å². The van der Waals surface area contributed by atoms with Crippen LogP contribution in [0.3, 0.4) is 0 Å². The molecule has 3 unspecified atom stereocenters. The van der Waals surface area contributed by atoms with E-state index in [4.69, 9.17) is 6.42 Å². The molecule has 0 aromatic carbocycles. The lowest BCUT2D eigenvalue weighted by atomic mass is 9.83. The maximum absolute atomic E-state index is 12.2. The molecule has 1 heterocycles. The Morgan fingerprint density at radius 3 is 2.48 bits per heavy atom. The number of hydrogen-bond donors (Lipinski definition) is 2. The number of amides is 3. The molecule has 1 saturated carbocycles. The highest BCUT2D eigenvalue weighted by Crippen LogP contribution is 2.73. The second-order valence-electron chi connectivity index (χ2n) is 6.99. The van der Waals surface area contributed by atoms with E-state index in [-0.39, 0.29) is 18.9 Å². The Morgan fingerprint density at radius 2 is 2.13 bits per heavy atom. The van der Waals surface area contributed by atoms with E-state index in [1.165, 1.54) is 0 Å². The fourth-order valence-corrected chi connectivity index (χ4v) is 4.14. The Balaban J connectivity index is 2.60. The van der Waals surface area contributed by atoms with Crippen molar-refractivity contribution in [2.75, 3.05) is 6.54 Å². The molecule has 3 amide bonds. The number of rotatable bonds is 5. The van der Waals surface area contributed by atoms with Crippen LogP contribution in [0.1, 0.15) is 34.1 Å². The lowest BCUT2D eigenvalue weighted by molar-refractivity contribution is -0.140. The van der Waals surface area contributed by atoms with E-state index in [1.807, 2.05) is 33.8 Å². The van der Waals surface area contributed by atoms with Crippen LogP contribution >= 0.6 is 0 Å². The topological polar surface area (TPSA) is 86.7 Å². The Morgan fingerprint density at radius 1 is 1.52 bits per heavy atom. The molecule has 0 bridgehead atoms. The monoisotopic (exact) mass is 318 g/mol. The van der Waals surface area contributed by atoms with Crippen molar-refractivity contribution in [3.8, 4) is 12.3 Å². The molecule has 0 aromatic heterocycles. The van der Waals surface area contributed by atoms with Gasteiger partial charge < -0.3 is 10.4 Å². The number of terminal acetylenes is 1.